The number of carbonyl (C=O) groups excluding carboxylic acids is 1. The quantitative estimate of drug-likeness (QED) is 0.895. The summed E-state index contributed by atoms with van der Waals surface area (Å²) >= 11 is 0. The number of hydrogen-bond acceptors (Lipinski definition) is 3. The van der Waals surface area contributed by atoms with Crippen LogP contribution in [0.1, 0.15) is 18.4 Å². The normalized spacial score (nSPS) is 27.3. The lowest BCUT2D eigenvalue weighted by molar-refractivity contribution is -0.125. The summed E-state index contributed by atoms with van der Waals surface area (Å²) in [5.41, 5.74) is 1.000. The van der Waals surface area contributed by atoms with E-state index >= 15 is 0 Å². The first-order valence-electron chi connectivity index (χ1n) is 7.46. The van der Waals surface area contributed by atoms with Crippen molar-refractivity contribution in [2.24, 2.45) is 5.92 Å². The minimum atomic E-state index is -0.238. The molecule has 1 saturated heterocycles. The molecule has 1 amide bonds. The van der Waals surface area contributed by atoms with E-state index in [4.69, 9.17) is 4.74 Å². The Hall–Kier alpha value is -1.46. The van der Waals surface area contributed by atoms with E-state index in [1.54, 1.807) is 12.1 Å². The molecule has 21 heavy (non-hydrogen) atoms. The lowest BCUT2D eigenvalue weighted by Gasteiger charge is -2.39. The highest BCUT2D eigenvalue weighted by molar-refractivity contribution is 5.78. The third-order valence-corrected chi connectivity index (χ3v) is 4.39. The zero-order valence-electron chi connectivity index (χ0n) is 12.2. The number of benzene rings is 1. The molecule has 0 spiro atoms. The first kappa shape index (κ1) is 14.5. The number of rotatable bonds is 5. The van der Waals surface area contributed by atoms with Crippen LogP contribution in [0, 0.1) is 11.7 Å². The number of ether oxygens (including phenoxy) is 1. The van der Waals surface area contributed by atoms with E-state index in [9.17, 15) is 9.18 Å². The van der Waals surface area contributed by atoms with Crippen LogP contribution in [0.3, 0.4) is 0 Å². The van der Waals surface area contributed by atoms with Crippen LogP contribution in [0.2, 0.25) is 0 Å². The fourth-order valence-electron chi connectivity index (χ4n) is 3.22. The molecule has 1 aromatic rings. The van der Waals surface area contributed by atoms with Crippen LogP contribution < -0.4 is 5.32 Å². The molecule has 0 bridgehead atoms. The van der Waals surface area contributed by atoms with Gasteiger partial charge in [-0.2, -0.15) is 0 Å². The molecule has 2 aliphatic rings. The van der Waals surface area contributed by atoms with Gasteiger partial charge in [-0.05, 0) is 37.6 Å². The average molecular weight is 292 g/mol. The van der Waals surface area contributed by atoms with Crippen molar-refractivity contribution < 1.29 is 13.9 Å². The van der Waals surface area contributed by atoms with Gasteiger partial charge in [-0.3, -0.25) is 9.69 Å². The monoisotopic (exact) mass is 292 g/mol. The number of halogens is 1. The highest BCUT2D eigenvalue weighted by Gasteiger charge is 2.45. The van der Waals surface area contributed by atoms with Gasteiger partial charge in [0.1, 0.15) is 5.82 Å². The van der Waals surface area contributed by atoms with Gasteiger partial charge in [0, 0.05) is 25.1 Å². The van der Waals surface area contributed by atoms with E-state index in [0.717, 1.165) is 25.0 Å². The van der Waals surface area contributed by atoms with Crippen LogP contribution in [0.4, 0.5) is 4.39 Å². The Morgan fingerprint density at radius 1 is 1.43 bits per heavy atom. The van der Waals surface area contributed by atoms with Crippen molar-refractivity contribution in [3.63, 3.8) is 0 Å². The number of carbonyl (C=O) groups is 1. The molecule has 5 heteroatoms. The summed E-state index contributed by atoms with van der Waals surface area (Å²) in [6.07, 6.45) is 2.37. The second kappa shape index (κ2) is 6.12. The Morgan fingerprint density at radius 3 is 2.90 bits per heavy atom. The van der Waals surface area contributed by atoms with Crippen LogP contribution in [0.15, 0.2) is 24.3 Å². The van der Waals surface area contributed by atoms with Crippen LogP contribution >= 0.6 is 0 Å². The molecule has 3 rings (SSSR count). The molecule has 1 aliphatic heterocycles. The van der Waals surface area contributed by atoms with Crippen LogP contribution in [0.5, 0.6) is 0 Å². The molecule has 0 unspecified atom stereocenters. The topological polar surface area (TPSA) is 41.6 Å². The number of nitrogens with zero attached hydrogens (tertiary/aromatic N) is 1. The lowest BCUT2D eigenvalue weighted by atomic mass is 9.76. The number of hydrogen-bond donors (Lipinski definition) is 1. The van der Waals surface area contributed by atoms with E-state index in [0.29, 0.717) is 25.1 Å². The van der Waals surface area contributed by atoms with E-state index in [1.165, 1.54) is 12.1 Å². The van der Waals surface area contributed by atoms with Crippen molar-refractivity contribution in [3.8, 4) is 0 Å². The maximum atomic E-state index is 12.8. The molecule has 4 nitrogen and oxygen atoms in total. The first-order valence-corrected chi connectivity index (χ1v) is 7.46. The second-order valence-corrected chi connectivity index (χ2v) is 6.07. The average Bonchev–Trinajstić information content (AvgIpc) is 2.80. The number of nitrogens with one attached hydrogen (secondary N) is 1. The van der Waals surface area contributed by atoms with Gasteiger partial charge in [0.05, 0.1) is 12.6 Å². The number of amides is 1. The molecule has 1 saturated carbocycles. The largest absolute Gasteiger partial charge is 0.378 e. The maximum Gasteiger partial charge on any atom is 0.234 e. The number of likely N-dealkylation sites (N-methyl/N-ethyl adjacent to an activating group) is 1. The fourth-order valence-corrected chi connectivity index (χ4v) is 3.22. The summed E-state index contributed by atoms with van der Waals surface area (Å²) in [5, 5.41) is 3.09. The van der Waals surface area contributed by atoms with Gasteiger partial charge < -0.3 is 10.1 Å². The van der Waals surface area contributed by atoms with Crippen LogP contribution in [0.25, 0.3) is 0 Å². The molecule has 0 radical (unpaired) electrons. The van der Waals surface area contributed by atoms with Gasteiger partial charge >= 0.3 is 0 Å². The Balaban J connectivity index is 1.43. The Kier molecular flexibility index (Phi) is 4.22. The summed E-state index contributed by atoms with van der Waals surface area (Å²) in [7, 11) is 1.89. The van der Waals surface area contributed by atoms with Crippen molar-refractivity contribution in [1.82, 2.24) is 10.2 Å². The second-order valence-electron chi connectivity index (χ2n) is 6.07. The fraction of sp³-hybridized carbons (Fsp3) is 0.562. The molecule has 1 N–H and O–H groups in total. The third kappa shape index (κ3) is 3.41. The Morgan fingerprint density at radius 2 is 2.19 bits per heavy atom. The first-order chi connectivity index (χ1) is 10.1. The summed E-state index contributed by atoms with van der Waals surface area (Å²) in [5.74, 6) is 0.323. The maximum absolute atomic E-state index is 12.8. The molecule has 1 aliphatic carbocycles. The molecule has 2 fully saturated rings. The number of fused-ring (bicyclic) bond motifs is 1. The molecule has 114 valence electrons. The minimum absolute atomic E-state index is 0.0509. The zero-order chi connectivity index (χ0) is 14.8. The van der Waals surface area contributed by atoms with E-state index in [-0.39, 0.29) is 17.8 Å². The molecule has 1 heterocycles. The zero-order valence-corrected chi connectivity index (χ0v) is 12.2. The third-order valence-electron chi connectivity index (χ3n) is 4.39. The highest BCUT2D eigenvalue weighted by atomic mass is 19.1. The summed E-state index contributed by atoms with van der Waals surface area (Å²) in [4.78, 5) is 14.0. The predicted octanol–water partition coefficient (Wildman–Crippen LogP) is 1.55. The molecule has 3 atom stereocenters. The molecule has 0 aromatic heterocycles. The van der Waals surface area contributed by atoms with Crippen molar-refractivity contribution >= 4 is 5.91 Å². The lowest BCUT2D eigenvalue weighted by Crippen LogP contribution is -2.54. The van der Waals surface area contributed by atoms with Gasteiger partial charge in [-0.15, -0.1) is 0 Å². The van der Waals surface area contributed by atoms with Crippen LogP contribution in [-0.2, 0) is 16.1 Å². The van der Waals surface area contributed by atoms with Gasteiger partial charge in [0.15, 0.2) is 0 Å². The van der Waals surface area contributed by atoms with Gasteiger partial charge in [-0.1, -0.05) is 12.1 Å². The SMILES string of the molecule is CN(CC(=O)N[C@@H]1C[C@H]2OCC[C@@H]12)Cc1ccc(F)cc1. The van der Waals surface area contributed by atoms with Gasteiger partial charge in [0.2, 0.25) is 5.91 Å². The predicted molar refractivity (Wildman–Crippen MR) is 77.1 cm³/mol. The summed E-state index contributed by atoms with van der Waals surface area (Å²) in [6, 6.07) is 6.66. The van der Waals surface area contributed by atoms with Gasteiger partial charge in [-0.25, -0.2) is 4.39 Å². The van der Waals surface area contributed by atoms with E-state index in [1.807, 2.05) is 11.9 Å². The summed E-state index contributed by atoms with van der Waals surface area (Å²) in [6.45, 7) is 1.81. The minimum Gasteiger partial charge on any atom is -0.378 e. The smallest absolute Gasteiger partial charge is 0.234 e. The van der Waals surface area contributed by atoms with E-state index < -0.39 is 0 Å². The van der Waals surface area contributed by atoms with Crippen molar-refractivity contribution in [1.29, 1.82) is 0 Å². The molecular weight excluding hydrogens is 271 g/mol. The van der Waals surface area contributed by atoms with E-state index in [2.05, 4.69) is 5.32 Å². The van der Waals surface area contributed by atoms with Crippen molar-refractivity contribution in [2.75, 3.05) is 20.2 Å². The highest BCUT2D eigenvalue weighted by Crippen LogP contribution is 2.38. The Bertz CT molecular complexity index is 506. The molecular formula is C16H21FN2O2. The van der Waals surface area contributed by atoms with Crippen LogP contribution in [-0.4, -0.2) is 43.2 Å². The Labute approximate surface area is 124 Å². The van der Waals surface area contributed by atoms with Crippen molar-refractivity contribution in [3.05, 3.63) is 35.6 Å². The molecule has 1 aromatic carbocycles. The van der Waals surface area contributed by atoms with Crippen molar-refractivity contribution in [2.45, 2.75) is 31.5 Å². The summed E-state index contributed by atoms with van der Waals surface area (Å²) < 4.78 is 18.4. The van der Waals surface area contributed by atoms with Gasteiger partial charge in [0.25, 0.3) is 0 Å². The standard InChI is InChI=1S/C16H21FN2O2/c1-19(9-11-2-4-12(17)5-3-11)10-16(20)18-14-8-15-13(14)6-7-21-15/h2-5,13-15H,6-10H2,1H3,(H,18,20)/t13-,14+,15+/m0/s1.